The number of rotatable bonds is 0. The second kappa shape index (κ2) is 4.27. The summed E-state index contributed by atoms with van der Waals surface area (Å²) in [5.41, 5.74) is 2.83. The fourth-order valence-electron chi connectivity index (χ4n) is 5.32. The predicted octanol–water partition coefficient (Wildman–Crippen LogP) is 2.47. The molecule has 0 aromatic carbocycles. The van der Waals surface area contributed by atoms with Gasteiger partial charge in [0.15, 0.2) is 0 Å². The number of hydrogen-bond acceptors (Lipinski definition) is 3. The van der Waals surface area contributed by atoms with E-state index in [9.17, 15) is 4.79 Å². The number of aliphatic imine (C=N–C) groups is 1. The number of hydrogen-bond donors (Lipinski definition) is 0. The highest BCUT2D eigenvalue weighted by atomic mass is 16.1. The average molecular weight is 272 g/mol. The molecule has 0 N–H and O–H groups in total. The molecular weight excluding hydrogens is 248 g/mol. The Morgan fingerprint density at radius 2 is 2.20 bits per heavy atom. The number of allylic oxidation sites excluding steroid dienone is 2. The molecule has 0 aromatic rings. The van der Waals surface area contributed by atoms with Crippen LogP contribution < -0.4 is 0 Å². The minimum atomic E-state index is 0.117. The van der Waals surface area contributed by atoms with Crippen LogP contribution in [0, 0.1) is 17.3 Å². The highest BCUT2D eigenvalue weighted by Crippen LogP contribution is 2.60. The van der Waals surface area contributed by atoms with Crippen molar-refractivity contribution in [3.63, 3.8) is 0 Å². The quantitative estimate of drug-likeness (QED) is 0.678. The standard InChI is InChI=1S/C17H24N2O/c1-11-8-12-10-14(20)16-13-4-7-19(2)6-3-5-17(12,16)15(9-11)18-13/h9,12-13,16H,3-8,10H2,1-2H3/t12-,13-,16+,17+/m0/s1. The number of ketones is 1. The third-order valence-electron chi connectivity index (χ3n) is 6.13. The molecule has 1 saturated heterocycles. The monoisotopic (exact) mass is 272 g/mol. The lowest BCUT2D eigenvalue weighted by atomic mass is 9.62. The Kier molecular flexibility index (Phi) is 2.72. The molecule has 2 aliphatic carbocycles. The van der Waals surface area contributed by atoms with Gasteiger partial charge in [-0.1, -0.05) is 5.57 Å². The van der Waals surface area contributed by atoms with E-state index in [2.05, 4.69) is 24.9 Å². The summed E-state index contributed by atoms with van der Waals surface area (Å²) in [6.45, 7) is 4.45. The summed E-state index contributed by atoms with van der Waals surface area (Å²) in [7, 11) is 2.20. The average Bonchev–Trinajstić information content (AvgIpc) is 2.86. The summed E-state index contributed by atoms with van der Waals surface area (Å²) in [4.78, 5) is 20.1. The van der Waals surface area contributed by atoms with E-state index in [-0.39, 0.29) is 17.4 Å². The molecule has 4 aliphatic rings. The van der Waals surface area contributed by atoms with Crippen LogP contribution in [0.4, 0.5) is 0 Å². The fraction of sp³-hybridized carbons (Fsp3) is 0.765. The third kappa shape index (κ3) is 1.56. The Morgan fingerprint density at radius 3 is 3.05 bits per heavy atom. The summed E-state index contributed by atoms with van der Waals surface area (Å²) < 4.78 is 0. The van der Waals surface area contributed by atoms with Crippen LogP contribution in [0.1, 0.15) is 39.0 Å². The van der Waals surface area contributed by atoms with Gasteiger partial charge < -0.3 is 4.90 Å². The summed E-state index contributed by atoms with van der Waals surface area (Å²) >= 11 is 0. The second-order valence-corrected chi connectivity index (χ2v) is 7.36. The fourth-order valence-corrected chi connectivity index (χ4v) is 5.32. The SMILES string of the molecule is CC1=CC2=N[C@H]3CCN(C)CCC[C@@]24[C@H](CC(=O)[C@@H]34)C1. The van der Waals surface area contributed by atoms with Gasteiger partial charge in [0.2, 0.25) is 0 Å². The van der Waals surface area contributed by atoms with Gasteiger partial charge in [0.05, 0.1) is 12.0 Å². The zero-order valence-electron chi connectivity index (χ0n) is 12.6. The van der Waals surface area contributed by atoms with Crippen LogP contribution in [0.5, 0.6) is 0 Å². The van der Waals surface area contributed by atoms with Crippen molar-refractivity contribution in [2.24, 2.45) is 22.2 Å². The smallest absolute Gasteiger partial charge is 0.139 e. The molecule has 108 valence electrons. The van der Waals surface area contributed by atoms with Crippen molar-refractivity contribution in [1.82, 2.24) is 4.90 Å². The van der Waals surface area contributed by atoms with Crippen LogP contribution in [-0.4, -0.2) is 42.6 Å². The van der Waals surface area contributed by atoms with Crippen molar-refractivity contribution in [3.05, 3.63) is 11.6 Å². The minimum Gasteiger partial charge on any atom is -0.306 e. The first-order chi connectivity index (χ1) is 9.61. The van der Waals surface area contributed by atoms with E-state index in [1.54, 1.807) is 0 Å². The first-order valence-electron chi connectivity index (χ1n) is 8.08. The molecular formula is C17H24N2O. The van der Waals surface area contributed by atoms with E-state index in [4.69, 9.17) is 4.99 Å². The number of carbonyl (C=O) groups excluding carboxylic acids is 1. The van der Waals surface area contributed by atoms with Crippen LogP contribution in [-0.2, 0) is 4.79 Å². The maximum Gasteiger partial charge on any atom is 0.139 e. The molecule has 4 atom stereocenters. The van der Waals surface area contributed by atoms with E-state index in [0.29, 0.717) is 11.7 Å². The number of nitrogens with zero attached hydrogens (tertiary/aromatic N) is 2. The predicted molar refractivity (Wildman–Crippen MR) is 80.0 cm³/mol. The summed E-state index contributed by atoms with van der Waals surface area (Å²) in [6.07, 6.45) is 7.66. The van der Waals surface area contributed by atoms with Crippen molar-refractivity contribution in [2.45, 2.75) is 45.1 Å². The van der Waals surface area contributed by atoms with Crippen molar-refractivity contribution >= 4 is 11.5 Å². The molecule has 0 amide bonds. The molecule has 1 saturated carbocycles. The third-order valence-corrected chi connectivity index (χ3v) is 6.13. The van der Waals surface area contributed by atoms with Gasteiger partial charge in [0, 0.05) is 17.5 Å². The first-order valence-corrected chi connectivity index (χ1v) is 8.08. The van der Waals surface area contributed by atoms with Gasteiger partial charge in [0.25, 0.3) is 0 Å². The molecule has 2 fully saturated rings. The Hall–Kier alpha value is -0.960. The van der Waals surface area contributed by atoms with Gasteiger partial charge in [-0.3, -0.25) is 9.79 Å². The van der Waals surface area contributed by atoms with Crippen molar-refractivity contribution in [1.29, 1.82) is 0 Å². The maximum atomic E-state index is 12.7. The van der Waals surface area contributed by atoms with E-state index in [0.717, 1.165) is 38.8 Å². The topological polar surface area (TPSA) is 32.7 Å². The Balaban J connectivity index is 1.82. The lowest BCUT2D eigenvalue weighted by Gasteiger charge is -2.39. The molecule has 2 bridgehead atoms. The van der Waals surface area contributed by atoms with E-state index in [1.165, 1.54) is 17.7 Å². The molecule has 3 heteroatoms. The van der Waals surface area contributed by atoms with Gasteiger partial charge >= 0.3 is 0 Å². The van der Waals surface area contributed by atoms with Crippen LogP contribution in [0.3, 0.4) is 0 Å². The van der Waals surface area contributed by atoms with Gasteiger partial charge in [-0.15, -0.1) is 0 Å². The van der Waals surface area contributed by atoms with Crippen LogP contribution in [0.2, 0.25) is 0 Å². The van der Waals surface area contributed by atoms with Crippen LogP contribution in [0.15, 0.2) is 16.6 Å². The van der Waals surface area contributed by atoms with Gasteiger partial charge in [-0.05, 0) is 64.7 Å². The van der Waals surface area contributed by atoms with E-state index < -0.39 is 0 Å². The van der Waals surface area contributed by atoms with Crippen molar-refractivity contribution < 1.29 is 4.79 Å². The lowest BCUT2D eigenvalue weighted by Crippen LogP contribution is -2.41. The van der Waals surface area contributed by atoms with Crippen LogP contribution >= 0.6 is 0 Å². The van der Waals surface area contributed by atoms with Gasteiger partial charge in [-0.2, -0.15) is 0 Å². The minimum absolute atomic E-state index is 0.117. The first kappa shape index (κ1) is 12.8. The van der Waals surface area contributed by atoms with Gasteiger partial charge in [-0.25, -0.2) is 0 Å². The molecule has 4 rings (SSSR count). The van der Waals surface area contributed by atoms with E-state index >= 15 is 0 Å². The second-order valence-electron chi connectivity index (χ2n) is 7.36. The highest BCUT2D eigenvalue weighted by Gasteiger charge is 2.63. The Bertz CT molecular complexity index is 521. The van der Waals surface area contributed by atoms with Crippen molar-refractivity contribution in [2.75, 3.05) is 20.1 Å². The van der Waals surface area contributed by atoms with Crippen molar-refractivity contribution in [3.8, 4) is 0 Å². The Morgan fingerprint density at radius 1 is 1.35 bits per heavy atom. The molecule has 0 unspecified atom stereocenters. The van der Waals surface area contributed by atoms with Gasteiger partial charge in [0.1, 0.15) is 5.78 Å². The van der Waals surface area contributed by atoms with Crippen LogP contribution in [0.25, 0.3) is 0 Å². The number of Topliss-reactive ketones (excluding diaryl/α,β-unsaturated/α-hetero) is 1. The largest absolute Gasteiger partial charge is 0.306 e. The zero-order chi connectivity index (χ0) is 13.9. The number of carbonyl (C=O) groups is 1. The summed E-state index contributed by atoms with van der Waals surface area (Å²) in [6, 6.07) is 0.255. The molecule has 1 spiro atoms. The Labute approximate surface area is 121 Å². The molecule has 3 nitrogen and oxygen atoms in total. The lowest BCUT2D eigenvalue weighted by molar-refractivity contribution is -0.122. The molecule has 20 heavy (non-hydrogen) atoms. The molecule has 0 aromatic heterocycles. The normalized spacial score (nSPS) is 44.3. The summed E-state index contributed by atoms with van der Waals surface area (Å²) in [5.74, 6) is 1.25. The molecule has 0 radical (unpaired) electrons. The zero-order valence-corrected chi connectivity index (χ0v) is 12.6. The summed E-state index contributed by atoms with van der Waals surface area (Å²) in [5, 5.41) is 0. The maximum absolute atomic E-state index is 12.7. The highest BCUT2D eigenvalue weighted by molar-refractivity contribution is 6.09. The molecule has 2 aliphatic heterocycles. The van der Waals surface area contributed by atoms with E-state index in [1.807, 2.05) is 0 Å². The molecule has 2 heterocycles.